The molecule has 2 aromatic carbocycles. The summed E-state index contributed by atoms with van der Waals surface area (Å²) in [5, 5.41) is 2.78. The van der Waals surface area contributed by atoms with E-state index in [0.29, 0.717) is 18.0 Å². The summed E-state index contributed by atoms with van der Waals surface area (Å²) in [6, 6.07) is 14.8. The predicted octanol–water partition coefficient (Wildman–Crippen LogP) is 4.08. The molecule has 8 nitrogen and oxygen atoms in total. The summed E-state index contributed by atoms with van der Waals surface area (Å²) < 4.78 is 33.2. The third-order valence-electron chi connectivity index (χ3n) is 5.31. The van der Waals surface area contributed by atoms with Gasteiger partial charge in [0.25, 0.3) is 5.91 Å². The van der Waals surface area contributed by atoms with E-state index in [0.717, 1.165) is 19.3 Å². The molecule has 32 heavy (non-hydrogen) atoms. The van der Waals surface area contributed by atoms with Crippen molar-refractivity contribution in [1.29, 1.82) is 0 Å². The molecule has 1 aliphatic heterocycles. The Labute approximate surface area is 187 Å². The van der Waals surface area contributed by atoms with E-state index in [2.05, 4.69) is 15.3 Å². The lowest BCUT2D eigenvalue weighted by atomic mass is 10.1. The first kappa shape index (κ1) is 21.9. The number of anilines is 1. The van der Waals surface area contributed by atoms with Crippen molar-refractivity contribution >= 4 is 21.6 Å². The molecule has 1 amide bonds. The van der Waals surface area contributed by atoms with Gasteiger partial charge in [-0.25, -0.2) is 18.4 Å². The molecular weight excluding hydrogens is 428 g/mol. The van der Waals surface area contributed by atoms with Gasteiger partial charge in [-0.1, -0.05) is 12.5 Å². The molecule has 9 heteroatoms. The van der Waals surface area contributed by atoms with Crippen LogP contribution in [-0.2, 0) is 10.0 Å². The van der Waals surface area contributed by atoms with Gasteiger partial charge >= 0.3 is 6.01 Å². The Morgan fingerprint density at radius 3 is 2.53 bits per heavy atom. The molecule has 1 N–H and O–H groups in total. The molecule has 4 rings (SSSR count). The van der Waals surface area contributed by atoms with Gasteiger partial charge in [-0.2, -0.15) is 4.31 Å². The number of hydrogen-bond donors (Lipinski definition) is 1. The number of carbonyl (C=O) groups excluding carboxylic acids is 1. The minimum Gasteiger partial charge on any atom is -0.424 e. The van der Waals surface area contributed by atoms with Gasteiger partial charge in [0.1, 0.15) is 5.75 Å². The van der Waals surface area contributed by atoms with Crippen LogP contribution < -0.4 is 10.1 Å². The van der Waals surface area contributed by atoms with Crippen LogP contribution in [0.5, 0.6) is 11.8 Å². The number of piperidine rings is 1. The number of aromatic nitrogens is 2. The van der Waals surface area contributed by atoms with Gasteiger partial charge in [0, 0.05) is 36.2 Å². The van der Waals surface area contributed by atoms with Crippen LogP contribution >= 0.6 is 0 Å². The van der Waals surface area contributed by atoms with Crippen molar-refractivity contribution in [3.8, 4) is 11.8 Å². The molecule has 0 aliphatic carbocycles. The highest BCUT2D eigenvalue weighted by molar-refractivity contribution is 7.89. The number of hydrogen-bond acceptors (Lipinski definition) is 6. The fourth-order valence-electron chi connectivity index (χ4n) is 3.62. The molecule has 166 valence electrons. The zero-order valence-electron chi connectivity index (χ0n) is 17.6. The summed E-state index contributed by atoms with van der Waals surface area (Å²) in [7, 11) is -3.65. The Balaban J connectivity index is 1.46. The standard InChI is InChI=1S/C23H24N4O4S/c1-17-6-2-3-15-27(17)32(29,30)21-8-4-7-18(16-21)22(28)26-19-9-11-20(12-10-19)31-23-24-13-5-14-25-23/h4-5,7-14,16-17H,2-3,6,15H2,1H3,(H,26,28). The molecule has 1 fully saturated rings. The van der Waals surface area contributed by atoms with Crippen LogP contribution in [0.2, 0.25) is 0 Å². The summed E-state index contributed by atoms with van der Waals surface area (Å²) in [5.41, 5.74) is 0.822. The molecule has 2 heterocycles. The van der Waals surface area contributed by atoms with Gasteiger partial charge in [-0.05, 0) is 68.3 Å². The highest BCUT2D eigenvalue weighted by atomic mass is 32.2. The Morgan fingerprint density at radius 1 is 1.06 bits per heavy atom. The maximum Gasteiger partial charge on any atom is 0.321 e. The second-order valence-electron chi connectivity index (χ2n) is 7.60. The molecule has 0 radical (unpaired) electrons. The lowest BCUT2D eigenvalue weighted by Crippen LogP contribution is -2.41. The zero-order chi connectivity index (χ0) is 22.6. The molecule has 1 aliphatic rings. The Bertz CT molecular complexity index is 1180. The Hall–Kier alpha value is -3.30. The van der Waals surface area contributed by atoms with Crippen molar-refractivity contribution in [2.24, 2.45) is 0 Å². The number of nitrogens with zero attached hydrogens (tertiary/aromatic N) is 3. The van der Waals surface area contributed by atoms with Crippen molar-refractivity contribution in [3.05, 3.63) is 72.6 Å². The summed E-state index contributed by atoms with van der Waals surface area (Å²) in [5.74, 6) is 0.131. The number of amides is 1. The second-order valence-corrected chi connectivity index (χ2v) is 9.49. The maximum atomic E-state index is 13.1. The van der Waals surface area contributed by atoms with Gasteiger partial charge in [0.15, 0.2) is 0 Å². The number of nitrogens with one attached hydrogen (secondary N) is 1. The molecule has 0 spiro atoms. The molecule has 1 unspecified atom stereocenters. The fourth-order valence-corrected chi connectivity index (χ4v) is 5.36. The number of rotatable bonds is 6. The normalized spacial score (nSPS) is 17.0. The average molecular weight is 453 g/mol. The minimum atomic E-state index is -3.65. The molecule has 1 aromatic heterocycles. The average Bonchev–Trinajstić information content (AvgIpc) is 2.81. The van der Waals surface area contributed by atoms with E-state index in [-0.39, 0.29) is 22.5 Å². The van der Waals surface area contributed by atoms with E-state index in [1.54, 1.807) is 54.9 Å². The van der Waals surface area contributed by atoms with E-state index >= 15 is 0 Å². The lowest BCUT2D eigenvalue weighted by molar-refractivity contribution is 0.102. The highest BCUT2D eigenvalue weighted by Gasteiger charge is 2.31. The van der Waals surface area contributed by atoms with Crippen molar-refractivity contribution in [3.63, 3.8) is 0 Å². The maximum absolute atomic E-state index is 13.1. The predicted molar refractivity (Wildman–Crippen MR) is 120 cm³/mol. The van der Waals surface area contributed by atoms with Crippen LogP contribution in [0, 0.1) is 0 Å². The van der Waals surface area contributed by atoms with E-state index in [1.807, 2.05) is 6.92 Å². The molecule has 1 saturated heterocycles. The third-order valence-corrected chi connectivity index (χ3v) is 7.32. The highest BCUT2D eigenvalue weighted by Crippen LogP contribution is 2.26. The second kappa shape index (κ2) is 9.46. The monoisotopic (exact) mass is 452 g/mol. The summed E-state index contributed by atoms with van der Waals surface area (Å²) >= 11 is 0. The van der Waals surface area contributed by atoms with Crippen molar-refractivity contribution in [2.45, 2.75) is 37.1 Å². The van der Waals surface area contributed by atoms with Crippen LogP contribution in [0.25, 0.3) is 0 Å². The van der Waals surface area contributed by atoms with Crippen molar-refractivity contribution in [1.82, 2.24) is 14.3 Å². The quantitative estimate of drug-likeness (QED) is 0.605. The Morgan fingerprint density at radius 2 is 1.81 bits per heavy atom. The number of benzene rings is 2. The van der Waals surface area contributed by atoms with E-state index in [4.69, 9.17) is 4.74 Å². The minimum absolute atomic E-state index is 0.0479. The van der Waals surface area contributed by atoms with E-state index in [1.165, 1.54) is 16.4 Å². The van der Waals surface area contributed by atoms with Gasteiger partial charge < -0.3 is 10.1 Å². The Kier molecular flexibility index (Phi) is 6.48. The van der Waals surface area contributed by atoms with Crippen LogP contribution in [0.4, 0.5) is 5.69 Å². The molecule has 1 atom stereocenters. The lowest BCUT2D eigenvalue weighted by Gasteiger charge is -2.32. The number of carbonyl (C=O) groups is 1. The van der Waals surface area contributed by atoms with E-state index in [9.17, 15) is 13.2 Å². The molecule has 0 saturated carbocycles. The summed E-state index contributed by atoms with van der Waals surface area (Å²) in [6.45, 7) is 2.42. The summed E-state index contributed by atoms with van der Waals surface area (Å²) in [6.07, 6.45) is 5.88. The smallest absolute Gasteiger partial charge is 0.321 e. The number of sulfonamides is 1. The summed E-state index contributed by atoms with van der Waals surface area (Å²) in [4.78, 5) is 20.9. The van der Waals surface area contributed by atoms with Crippen LogP contribution in [0.1, 0.15) is 36.5 Å². The molecular formula is C23H24N4O4S. The van der Waals surface area contributed by atoms with Gasteiger partial charge in [0.05, 0.1) is 4.90 Å². The fraction of sp³-hybridized carbons (Fsp3) is 0.261. The first-order valence-corrected chi connectivity index (χ1v) is 11.9. The molecule has 3 aromatic rings. The zero-order valence-corrected chi connectivity index (χ0v) is 18.5. The van der Waals surface area contributed by atoms with Crippen LogP contribution in [0.15, 0.2) is 71.9 Å². The van der Waals surface area contributed by atoms with E-state index < -0.39 is 15.9 Å². The first-order chi connectivity index (χ1) is 15.4. The molecule has 0 bridgehead atoms. The first-order valence-electron chi connectivity index (χ1n) is 10.4. The van der Waals surface area contributed by atoms with Crippen molar-refractivity contribution < 1.29 is 17.9 Å². The SMILES string of the molecule is CC1CCCCN1S(=O)(=O)c1cccc(C(=O)Nc2ccc(Oc3ncccn3)cc2)c1. The number of ether oxygens (including phenoxy) is 1. The van der Waals surface area contributed by atoms with Crippen molar-refractivity contribution in [2.75, 3.05) is 11.9 Å². The third kappa shape index (κ3) is 4.95. The van der Waals surface area contributed by atoms with Gasteiger partial charge in [0.2, 0.25) is 10.0 Å². The topological polar surface area (TPSA) is 101 Å². The van der Waals surface area contributed by atoms with Gasteiger partial charge in [-0.3, -0.25) is 4.79 Å². The largest absolute Gasteiger partial charge is 0.424 e. The van der Waals surface area contributed by atoms with Crippen LogP contribution in [0.3, 0.4) is 0 Å². The van der Waals surface area contributed by atoms with Crippen LogP contribution in [-0.4, -0.2) is 41.2 Å². The van der Waals surface area contributed by atoms with Gasteiger partial charge in [-0.15, -0.1) is 0 Å².